The summed E-state index contributed by atoms with van der Waals surface area (Å²) < 4.78 is 28.0. The van der Waals surface area contributed by atoms with Gasteiger partial charge in [0.15, 0.2) is 5.75 Å². The zero-order chi connectivity index (χ0) is 14.8. The van der Waals surface area contributed by atoms with E-state index < -0.39 is 15.9 Å². The number of amides is 1. The van der Waals surface area contributed by atoms with Gasteiger partial charge in [0, 0.05) is 18.6 Å². The summed E-state index contributed by atoms with van der Waals surface area (Å²) in [6.07, 6.45) is 0. The first-order valence-electron chi connectivity index (χ1n) is 5.38. The molecule has 0 atom stereocenters. The zero-order valence-corrected chi connectivity index (χ0v) is 12.4. The van der Waals surface area contributed by atoms with Gasteiger partial charge in [0.05, 0.1) is 12.7 Å². The van der Waals surface area contributed by atoms with Crippen molar-refractivity contribution >= 4 is 27.5 Å². The van der Waals surface area contributed by atoms with Crippen molar-refractivity contribution < 1.29 is 17.9 Å². The number of nitrogens with zero attached hydrogens (tertiary/aromatic N) is 1. The second-order valence-corrected chi connectivity index (χ2v) is 5.82. The molecule has 0 aliphatic heterocycles. The maximum atomic E-state index is 12.1. The van der Waals surface area contributed by atoms with Crippen LogP contribution >= 0.6 is 11.6 Å². The van der Waals surface area contributed by atoms with Crippen LogP contribution in [0.1, 0.15) is 17.3 Å². The summed E-state index contributed by atoms with van der Waals surface area (Å²) >= 11 is 5.83. The van der Waals surface area contributed by atoms with Crippen molar-refractivity contribution in [2.75, 3.05) is 20.7 Å². The van der Waals surface area contributed by atoms with Crippen LogP contribution < -0.4 is 9.88 Å². The fourth-order valence-corrected chi connectivity index (χ4v) is 2.52. The van der Waals surface area contributed by atoms with E-state index in [1.165, 1.54) is 18.1 Å². The molecule has 1 rings (SSSR count). The SMILES string of the molecule is CCN(C)C(=O)c1cc(Cl)cc(S(N)(=O)=O)c1OC. The van der Waals surface area contributed by atoms with Crippen molar-refractivity contribution in [2.45, 2.75) is 11.8 Å². The number of hydrogen-bond donors (Lipinski definition) is 1. The minimum atomic E-state index is -4.04. The molecule has 0 spiro atoms. The Balaban J connectivity index is 3.57. The Morgan fingerprint density at radius 3 is 2.47 bits per heavy atom. The van der Waals surface area contributed by atoms with Crippen LogP contribution in [0, 0.1) is 0 Å². The molecule has 1 aromatic carbocycles. The van der Waals surface area contributed by atoms with Gasteiger partial charge in [0.2, 0.25) is 10.0 Å². The number of nitrogens with two attached hydrogens (primary N) is 1. The quantitative estimate of drug-likeness (QED) is 0.901. The van der Waals surface area contributed by atoms with Crippen LogP contribution in [0.2, 0.25) is 5.02 Å². The molecule has 0 heterocycles. The number of carbonyl (C=O) groups is 1. The van der Waals surface area contributed by atoms with Crippen LogP contribution in [-0.4, -0.2) is 39.9 Å². The molecule has 0 bridgehead atoms. The van der Waals surface area contributed by atoms with Gasteiger partial charge in [-0.05, 0) is 19.1 Å². The summed E-state index contributed by atoms with van der Waals surface area (Å²) in [5, 5.41) is 5.18. The largest absolute Gasteiger partial charge is 0.494 e. The van der Waals surface area contributed by atoms with Gasteiger partial charge in [-0.15, -0.1) is 0 Å². The molecule has 1 aromatic rings. The average molecular weight is 307 g/mol. The number of benzene rings is 1. The van der Waals surface area contributed by atoms with Crippen LogP contribution in [0.25, 0.3) is 0 Å². The summed E-state index contributed by atoms with van der Waals surface area (Å²) in [4.78, 5) is 13.2. The standard InChI is InChI=1S/C11H15ClN2O4S/c1-4-14(2)11(15)8-5-7(12)6-9(10(8)18-3)19(13,16)17/h5-6H,4H2,1-3H3,(H2,13,16,17). The third-order valence-electron chi connectivity index (χ3n) is 2.58. The third kappa shape index (κ3) is 3.37. The number of sulfonamides is 1. The van der Waals surface area contributed by atoms with E-state index in [9.17, 15) is 13.2 Å². The highest BCUT2D eigenvalue weighted by Gasteiger charge is 2.24. The number of methoxy groups -OCH3 is 1. The van der Waals surface area contributed by atoms with Crippen LogP contribution in [0.5, 0.6) is 5.75 Å². The normalized spacial score (nSPS) is 11.2. The van der Waals surface area contributed by atoms with Crippen LogP contribution in [-0.2, 0) is 10.0 Å². The number of rotatable bonds is 4. The minimum absolute atomic E-state index is 0.0587. The highest BCUT2D eigenvalue weighted by molar-refractivity contribution is 7.89. The fourth-order valence-electron chi connectivity index (χ4n) is 1.50. The molecular weight excluding hydrogens is 292 g/mol. The zero-order valence-electron chi connectivity index (χ0n) is 10.8. The molecule has 2 N–H and O–H groups in total. The fraction of sp³-hybridized carbons (Fsp3) is 0.364. The molecule has 0 aromatic heterocycles. The number of carbonyl (C=O) groups excluding carboxylic acids is 1. The molecule has 0 saturated heterocycles. The summed E-state index contributed by atoms with van der Waals surface area (Å²) in [7, 11) is -1.19. The van der Waals surface area contributed by atoms with Gasteiger partial charge in [0.1, 0.15) is 4.90 Å². The van der Waals surface area contributed by atoms with Gasteiger partial charge in [-0.3, -0.25) is 4.79 Å². The van der Waals surface area contributed by atoms with Crippen molar-refractivity contribution in [2.24, 2.45) is 5.14 Å². The number of primary sulfonamides is 1. The lowest BCUT2D eigenvalue weighted by Crippen LogP contribution is -2.27. The highest BCUT2D eigenvalue weighted by Crippen LogP contribution is 2.31. The van der Waals surface area contributed by atoms with Crippen molar-refractivity contribution in [1.82, 2.24) is 4.90 Å². The van der Waals surface area contributed by atoms with E-state index in [0.29, 0.717) is 6.54 Å². The monoisotopic (exact) mass is 306 g/mol. The second-order valence-electron chi connectivity index (χ2n) is 3.85. The van der Waals surface area contributed by atoms with Crippen molar-refractivity contribution in [3.8, 4) is 5.75 Å². The van der Waals surface area contributed by atoms with Crippen LogP contribution in [0.15, 0.2) is 17.0 Å². The molecule has 8 heteroatoms. The van der Waals surface area contributed by atoms with Crippen LogP contribution in [0.3, 0.4) is 0 Å². The Labute approximate surface area is 117 Å². The topological polar surface area (TPSA) is 89.7 Å². The lowest BCUT2D eigenvalue weighted by molar-refractivity contribution is 0.0798. The van der Waals surface area contributed by atoms with Gasteiger partial charge in [-0.2, -0.15) is 0 Å². The van der Waals surface area contributed by atoms with E-state index in [1.807, 2.05) is 0 Å². The summed E-state index contributed by atoms with van der Waals surface area (Å²) in [6, 6.07) is 2.50. The number of ether oxygens (including phenoxy) is 1. The molecule has 0 fully saturated rings. The molecular formula is C11H15ClN2O4S. The smallest absolute Gasteiger partial charge is 0.257 e. The second kappa shape index (κ2) is 5.77. The molecule has 0 aliphatic carbocycles. The predicted octanol–water partition coefficient (Wildman–Crippen LogP) is 1.09. The molecule has 0 unspecified atom stereocenters. The minimum Gasteiger partial charge on any atom is -0.494 e. The van der Waals surface area contributed by atoms with E-state index in [0.717, 1.165) is 6.07 Å². The van der Waals surface area contributed by atoms with Crippen molar-refractivity contribution in [1.29, 1.82) is 0 Å². The molecule has 0 aliphatic rings. The lowest BCUT2D eigenvalue weighted by atomic mass is 10.1. The molecule has 106 valence electrons. The highest BCUT2D eigenvalue weighted by atomic mass is 35.5. The van der Waals surface area contributed by atoms with Crippen molar-refractivity contribution in [3.63, 3.8) is 0 Å². The molecule has 1 amide bonds. The van der Waals surface area contributed by atoms with Gasteiger partial charge in [-0.1, -0.05) is 11.6 Å². The Bertz CT molecular complexity index is 601. The van der Waals surface area contributed by atoms with E-state index in [1.54, 1.807) is 14.0 Å². The van der Waals surface area contributed by atoms with E-state index in [4.69, 9.17) is 21.5 Å². The maximum absolute atomic E-state index is 12.1. The summed E-state index contributed by atoms with van der Waals surface area (Å²) in [5.41, 5.74) is 0.0587. The number of hydrogen-bond acceptors (Lipinski definition) is 4. The van der Waals surface area contributed by atoms with E-state index >= 15 is 0 Å². The van der Waals surface area contributed by atoms with E-state index in [-0.39, 0.29) is 21.2 Å². The van der Waals surface area contributed by atoms with Crippen molar-refractivity contribution in [3.05, 3.63) is 22.7 Å². The first kappa shape index (κ1) is 15.7. The van der Waals surface area contributed by atoms with Gasteiger partial charge >= 0.3 is 0 Å². The Morgan fingerprint density at radius 2 is 2.05 bits per heavy atom. The molecule has 0 saturated carbocycles. The van der Waals surface area contributed by atoms with Crippen LogP contribution in [0.4, 0.5) is 0 Å². The molecule has 19 heavy (non-hydrogen) atoms. The average Bonchev–Trinajstić information content (AvgIpc) is 2.34. The van der Waals surface area contributed by atoms with E-state index in [2.05, 4.69) is 0 Å². The van der Waals surface area contributed by atoms with Gasteiger partial charge in [0.25, 0.3) is 5.91 Å². The summed E-state index contributed by atoms with van der Waals surface area (Å²) in [5.74, 6) is -0.496. The number of halogens is 1. The molecule has 6 nitrogen and oxygen atoms in total. The first-order chi connectivity index (χ1) is 8.72. The Hall–Kier alpha value is -1.31. The third-order valence-corrected chi connectivity index (χ3v) is 3.72. The summed E-state index contributed by atoms with van der Waals surface area (Å²) in [6.45, 7) is 2.24. The van der Waals surface area contributed by atoms with Gasteiger partial charge < -0.3 is 9.64 Å². The predicted molar refractivity (Wildman–Crippen MR) is 72.0 cm³/mol. The first-order valence-corrected chi connectivity index (χ1v) is 7.30. The molecule has 0 radical (unpaired) electrons. The van der Waals surface area contributed by atoms with Gasteiger partial charge in [-0.25, -0.2) is 13.6 Å². The Morgan fingerprint density at radius 1 is 1.47 bits per heavy atom. The Kier molecular flexibility index (Phi) is 4.78. The lowest BCUT2D eigenvalue weighted by Gasteiger charge is -2.18. The maximum Gasteiger partial charge on any atom is 0.257 e.